The van der Waals surface area contributed by atoms with E-state index in [0.29, 0.717) is 5.69 Å². The number of benzene rings is 2. The van der Waals surface area contributed by atoms with Crippen molar-refractivity contribution in [2.45, 2.75) is 0 Å². The van der Waals surface area contributed by atoms with Crippen LogP contribution < -0.4 is 5.62 Å². The lowest BCUT2D eigenvalue weighted by Crippen LogP contribution is -2.21. The van der Waals surface area contributed by atoms with Crippen LogP contribution in [-0.4, -0.2) is 24.1 Å². The van der Waals surface area contributed by atoms with Crippen LogP contribution in [0.2, 0.25) is 0 Å². The third kappa shape index (κ3) is 2.40. The first-order valence-corrected chi connectivity index (χ1v) is 8.69. The predicted molar refractivity (Wildman–Crippen MR) is 104 cm³/mol. The Balaban J connectivity index is 1.90. The van der Waals surface area contributed by atoms with Gasteiger partial charge in [-0.15, -0.1) is 0 Å². The molecule has 0 saturated carbocycles. The fraction of sp³-hybridized carbons (Fsp3) is 0.0476. The first-order valence-electron chi connectivity index (χ1n) is 8.69. The van der Waals surface area contributed by atoms with Gasteiger partial charge in [-0.25, -0.2) is 14.4 Å². The van der Waals surface area contributed by atoms with Gasteiger partial charge in [0.25, 0.3) is 0 Å². The van der Waals surface area contributed by atoms with Crippen LogP contribution in [0.25, 0.3) is 38.8 Å². The summed E-state index contributed by atoms with van der Waals surface area (Å²) >= 11 is 0. The number of fused-ring (bicyclic) bond motifs is 3. The van der Waals surface area contributed by atoms with Crippen molar-refractivity contribution < 1.29 is 4.39 Å². The van der Waals surface area contributed by atoms with E-state index in [1.165, 1.54) is 18.5 Å². The molecule has 0 aliphatic heterocycles. The molecule has 0 radical (unpaired) electrons. The predicted octanol–water partition coefficient (Wildman–Crippen LogP) is 3.59. The van der Waals surface area contributed by atoms with E-state index in [1.54, 1.807) is 33.8 Å². The maximum Gasteiger partial charge on any atom is 0.207 e. The summed E-state index contributed by atoms with van der Waals surface area (Å²) < 4.78 is 17.3. The number of nitrogens with zero attached hydrogens (tertiary/aromatic N) is 5. The molecule has 5 rings (SSSR count). The average molecular weight is 370 g/mol. The lowest BCUT2D eigenvalue weighted by atomic mass is 10.0. The van der Waals surface area contributed by atoms with E-state index >= 15 is 0 Å². The van der Waals surface area contributed by atoms with Crippen LogP contribution in [0.5, 0.6) is 0 Å². The second kappa shape index (κ2) is 6.09. The molecule has 0 aliphatic rings. The largest absolute Gasteiger partial charge is 0.312 e. The Labute approximate surface area is 159 Å². The molecule has 0 unspecified atom stereocenters. The van der Waals surface area contributed by atoms with Gasteiger partial charge in [-0.05, 0) is 35.4 Å². The van der Waals surface area contributed by atoms with E-state index in [9.17, 15) is 4.39 Å². The van der Waals surface area contributed by atoms with E-state index in [0.717, 1.165) is 33.1 Å². The standard InChI is InChI=1S/C21H15FN6/c1-27-19-11-26-18-6-5-14(13-3-2-4-15(22)7-13)8-17(18)20(19)28(21(27)23)16-9-24-12-25-10-16/h2-12,23H,1H3. The second-order valence-electron chi connectivity index (χ2n) is 6.55. The van der Waals surface area contributed by atoms with Crippen LogP contribution in [-0.2, 0) is 7.05 Å². The van der Waals surface area contributed by atoms with Crippen LogP contribution in [0.1, 0.15) is 0 Å². The van der Waals surface area contributed by atoms with E-state index in [4.69, 9.17) is 5.41 Å². The summed E-state index contributed by atoms with van der Waals surface area (Å²) in [6.45, 7) is 0. The van der Waals surface area contributed by atoms with Gasteiger partial charge < -0.3 is 4.57 Å². The number of hydrogen-bond acceptors (Lipinski definition) is 4. The summed E-state index contributed by atoms with van der Waals surface area (Å²) in [5, 5.41) is 9.45. The minimum absolute atomic E-state index is 0.279. The monoisotopic (exact) mass is 370 g/mol. The fourth-order valence-electron chi connectivity index (χ4n) is 3.52. The zero-order chi connectivity index (χ0) is 19.3. The van der Waals surface area contributed by atoms with Gasteiger partial charge in [0.1, 0.15) is 12.1 Å². The highest BCUT2D eigenvalue weighted by Gasteiger charge is 2.15. The Hall–Kier alpha value is -3.87. The smallest absolute Gasteiger partial charge is 0.207 e. The highest BCUT2D eigenvalue weighted by molar-refractivity contribution is 6.04. The zero-order valence-corrected chi connectivity index (χ0v) is 15.0. The van der Waals surface area contributed by atoms with Gasteiger partial charge in [0.05, 0.1) is 40.8 Å². The van der Waals surface area contributed by atoms with Crippen molar-refractivity contribution in [1.29, 1.82) is 5.41 Å². The SMILES string of the molecule is Cn1c(=N)n(-c2cncnc2)c2c3cc(-c4cccc(F)c4)ccc3ncc21. The van der Waals surface area contributed by atoms with Gasteiger partial charge in [0.2, 0.25) is 5.62 Å². The number of rotatable bonds is 2. The molecular weight excluding hydrogens is 355 g/mol. The van der Waals surface area contributed by atoms with Gasteiger partial charge in [0.15, 0.2) is 0 Å². The van der Waals surface area contributed by atoms with Crippen LogP contribution in [0.3, 0.4) is 0 Å². The van der Waals surface area contributed by atoms with Crippen molar-refractivity contribution in [3.8, 4) is 16.8 Å². The Bertz CT molecular complexity index is 1400. The van der Waals surface area contributed by atoms with Crippen LogP contribution in [0.15, 0.2) is 67.4 Å². The van der Waals surface area contributed by atoms with Crippen molar-refractivity contribution in [3.05, 3.63) is 78.8 Å². The van der Waals surface area contributed by atoms with Crippen molar-refractivity contribution >= 4 is 21.9 Å². The summed E-state index contributed by atoms with van der Waals surface area (Å²) in [4.78, 5) is 12.7. The first-order chi connectivity index (χ1) is 13.6. The quantitative estimate of drug-likeness (QED) is 0.516. The molecule has 0 saturated heterocycles. The summed E-state index contributed by atoms with van der Waals surface area (Å²) in [7, 11) is 1.83. The molecule has 0 atom stereocenters. The number of aryl methyl sites for hydroxylation is 1. The molecule has 7 heteroatoms. The number of aromatic nitrogens is 5. The fourth-order valence-corrected chi connectivity index (χ4v) is 3.52. The topological polar surface area (TPSA) is 72.4 Å². The number of hydrogen-bond donors (Lipinski definition) is 1. The third-order valence-electron chi connectivity index (χ3n) is 4.90. The highest BCUT2D eigenvalue weighted by atomic mass is 19.1. The van der Waals surface area contributed by atoms with Gasteiger partial charge in [-0.2, -0.15) is 0 Å². The molecule has 136 valence electrons. The zero-order valence-electron chi connectivity index (χ0n) is 15.0. The molecule has 28 heavy (non-hydrogen) atoms. The van der Waals surface area contributed by atoms with E-state index in [2.05, 4.69) is 15.0 Å². The molecule has 0 fully saturated rings. The number of halogens is 1. The van der Waals surface area contributed by atoms with Gasteiger partial charge >= 0.3 is 0 Å². The van der Waals surface area contributed by atoms with Crippen LogP contribution in [0, 0.1) is 11.2 Å². The van der Waals surface area contributed by atoms with E-state index < -0.39 is 0 Å². The van der Waals surface area contributed by atoms with Gasteiger partial charge in [-0.1, -0.05) is 18.2 Å². The minimum Gasteiger partial charge on any atom is -0.312 e. The number of pyridine rings is 1. The van der Waals surface area contributed by atoms with E-state index in [1.807, 2.05) is 31.3 Å². The lowest BCUT2D eigenvalue weighted by Gasteiger charge is -2.08. The Morgan fingerprint density at radius 3 is 2.54 bits per heavy atom. The lowest BCUT2D eigenvalue weighted by molar-refractivity contribution is 0.628. The molecule has 5 aromatic rings. The minimum atomic E-state index is -0.279. The molecule has 6 nitrogen and oxygen atoms in total. The first kappa shape index (κ1) is 16.3. The summed E-state index contributed by atoms with van der Waals surface area (Å²) in [6, 6.07) is 12.3. The summed E-state index contributed by atoms with van der Waals surface area (Å²) in [5.74, 6) is -0.279. The van der Waals surface area contributed by atoms with Crippen LogP contribution in [0.4, 0.5) is 4.39 Å². The molecule has 0 spiro atoms. The number of imidazole rings is 1. The van der Waals surface area contributed by atoms with Gasteiger partial charge in [0, 0.05) is 12.4 Å². The third-order valence-corrected chi connectivity index (χ3v) is 4.90. The summed E-state index contributed by atoms with van der Waals surface area (Å²) in [6.07, 6.45) is 6.57. The normalized spacial score (nSPS) is 11.4. The Morgan fingerprint density at radius 2 is 1.75 bits per heavy atom. The maximum atomic E-state index is 13.7. The average Bonchev–Trinajstić information content (AvgIpc) is 2.99. The van der Waals surface area contributed by atoms with E-state index in [-0.39, 0.29) is 11.4 Å². The number of nitrogens with one attached hydrogen (secondary N) is 1. The molecule has 0 aliphatic carbocycles. The highest BCUT2D eigenvalue weighted by Crippen LogP contribution is 2.29. The van der Waals surface area contributed by atoms with Crippen molar-refractivity contribution in [3.63, 3.8) is 0 Å². The van der Waals surface area contributed by atoms with Crippen molar-refractivity contribution in [2.75, 3.05) is 0 Å². The van der Waals surface area contributed by atoms with Gasteiger partial charge in [-0.3, -0.25) is 15.0 Å². The summed E-state index contributed by atoms with van der Waals surface area (Å²) in [5.41, 5.74) is 5.10. The molecular formula is C21H15FN6. The molecule has 1 N–H and O–H groups in total. The molecule has 0 amide bonds. The molecule has 2 aromatic carbocycles. The molecule has 3 aromatic heterocycles. The Morgan fingerprint density at radius 1 is 0.964 bits per heavy atom. The molecule has 3 heterocycles. The Kier molecular flexibility index (Phi) is 3.55. The maximum absolute atomic E-state index is 13.7. The van der Waals surface area contributed by atoms with Crippen molar-refractivity contribution in [1.82, 2.24) is 24.1 Å². The van der Waals surface area contributed by atoms with Crippen molar-refractivity contribution in [2.24, 2.45) is 7.05 Å². The second-order valence-corrected chi connectivity index (χ2v) is 6.55. The van der Waals surface area contributed by atoms with Crippen LogP contribution >= 0.6 is 0 Å². The molecule has 0 bridgehead atoms.